The van der Waals surface area contributed by atoms with Gasteiger partial charge in [0, 0.05) is 26.0 Å². The van der Waals surface area contributed by atoms with Crippen LogP contribution in [0.1, 0.15) is 13.3 Å². The van der Waals surface area contributed by atoms with Gasteiger partial charge in [0.05, 0.1) is 26.0 Å². The van der Waals surface area contributed by atoms with Crippen LogP contribution >= 0.6 is 0 Å². The van der Waals surface area contributed by atoms with Crippen LogP contribution in [0.5, 0.6) is 5.88 Å². The molecule has 0 spiro atoms. The van der Waals surface area contributed by atoms with Crippen molar-refractivity contribution < 1.29 is 14.2 Å². The Balaban J connectivity index is 1.95. The fourth-order valence-electron chi connectivity index (χ4n) is 1.78. The molecule has 7 nitrogen and oxygen atoms in total. The average Bonchev–Trinajstić information content (AvgIpc) is 2.97. The number of imidazole rings is 1. The number of hydrogen-bond donors (Lipinski definition) is 1. The number of methoxy groups -OCH3 is 1. The number of nitrogens with zero attached hydrogens (tertiary/aromatic N) is 3. The predicted molar refractivity (Wildman–Crippen MR) is 80.0 cm³/mol. The van der Waals surface area contributed by atoms with Crippen LogP contribution in [-0.2, 0) is 9.47 Å². The molecular weight excluding hydrogens is 272 g/mol. The number of fused-ring (bicyclic) bond motifs is 1. The van der Waals surface area contributed by atoms with E-state index in [9.17, 15) is 0 Å². The summed E-state index contributed by atoms with van der Waals surface area (Å²) in [5.74, 6) is 1.29. The molecule has 0 saturated heterocycles. The van der Waals surface area contributed by atoms with Crippen molar-refractivity contribution in [2.24, 2.45) is 0 Å². The van der Waals surface area contributed by atoms with Gasteiger partial charge in [-0.05, 0) is 6.42 Å². The Hall–Kier alpha value is -1.86. The van der Waals surface area contributed by atoms with Crippen molar-refractivity contribution in [3.05, 3.63) is 18.6 Å². The molecule has 0 bridgehead atoms. The zero-order chi connectivity index (χ0) is 14.9. The number of ether oxygens (including phenoxy) is 3. The first kappa shape index (κ1) is 15.5. The van der Waals surface area contributed by atoms with E-state index in [1.165, 1.54) is 0 Å². The van der Waals surface area contributed by atoms with E-state index in [2.05, 4.69) is 22.2 Å². The third-order valence-electron chi connectivity index (χ3n) is 2.80. The van der Waals surface area contributed by atoms with Crippen LogP contribution in [0, 0.1) is 0 Å². The number of aromatic nitrogens is 3. The smallest absolute Gasteiger partial charge is 0.260 e. The lowest BCUT2D eigenvalue weighted by Gasteiger charge is -2.10. The first-order valence-electron chi connectivity index (χ1n) is 7.12. The molecule has 0 radical (unpaired) electrons. The number of hydrogen-bond acceptors (Lipinski definition) is 6. The highest BCUT2D eigenvalue weighted by atomic mass is 16.5. The monoisotopic (exact) mass is 294 g/mol. The molecule has 0 aliphatic carbocycles. The molecule has 0 atom stereocenters. The summed E-state index contributed by atoms with van der Waals surface area (Å²) in [4.78, 5) is 8.70. The predicted octanol–water partition coefficient (Wildman–Crippen LogP) is 1.59. The molecule has 0 aliphatic rings. The summed E-state index contributed by atoms with van der Waals surface area (Å²) in [6.45, 7) is 5.04. The van der Waals surface area contributed by atoms with Gasteiger partial charge >= 0.3 is 0 Å². The third-order valence-corrected chi connectivity index (χ3v) is 2.80. The van der Waals surface area contributed by atoms with Gasteiger partial charge < -0.3 is 19.5 Å². The molecule has 0 fully saturated rings. The van der Waals surface area contributed by atoms with E-state index in [1.54, 1.807) is 13.3 Å². The highest BCUT2D eigenvalue weighted by molar-refractivity contribution is 5.53. The minimum Gasteiger partial charge on any atom is -0.473 e. The molecule has 0 aromatic carbocycles. The molecule has 0 aliphatic heterocycles. The van der Waals surface area contributed by atoms with Gasteiger partial charge in [0.2, 0.25) is 5.65 Å². The molecular formula is C14H22N4O3. The van der Waals surface area contributed by atoms with Gasteiger partial charge in [-0.1, -0.05) is 6.92 Å². The summed E-state index contributed by atoms with van der Waals surface area (Å²) in [5, 5.41) is 3.25. The molecule has 7 heteroatoms. The largest absolute Gasteiger partial charge is 0.473 e. The van der Waals surface area contributed by atoms with Crippen LogP contribution in [0.4, 0.5) is 5.82 Å². The summed E-state index contributed by atoms with van der Waals surface area (Å²) in [6.07, 6.45) is 6.53. The molecule has 2 rings (SSSR count). The molecule has 1 N–H and O–H groups in total. The fourth-order valence-corrected chi connectivity index (χ4v) is 1.78. The highest BCUT2D eigenvalue weighted by Crippen LogP contribution is 2.18. The summed E-state index contributed by atoms with van der Waals surface area (Å²) in [7, 11) is 1.65. The number of anilines is 1. The Morgan fingerprint density at radius 1 is 1.24 bits per heavy atom. The Bertz CT molecular complexity index is 544. The van der Waals surface area contributed by atoms with Gasteiger partial charge in [0.1, 0.15) is 12.4 Å². The third kappa shape index (κ3) is 4.57. The Labute approximate surface area is 124 Å². The van der Waals surface area contributed by atoms with Crippen molar-refractivity contribution in [1.29, 1.82) is 0 Å². The number of rotatable bonds is 10. The van der Waals surface area contributed by atoms with Crippen molar-refractivity contribution in [3.8, 4) is 5.88 Å². The Kier molecular flexibility index (Phi) is 6.23. The first-order valence-corrected chi connectivity index (χ1v) is 7.12. The van der Waals surface area contributed by atoms with Gasteiger partial charge in [-0.25, -0.2) is 4.98 Å². The van der Waals surface area contributed by atoms with E-state index in [0.29, 0.717) is 38.0 Å². The quantitative estimate of drug-likeness (QED) is 0.671. The summed E-state index contributed by atoms with van der Waals surface area (Å²) < 4.78 is 17.8. The lowest BCUT2D eigenvalue weighted by molar-refractivity contribution is 0.0539. The van der Waals surface area contributed by atoms with Crippen molar-refractivity contribution in [2.45, 2.75) is 13.3 Å². The van der Waals surface area contributed by atoms with E-state index < -0.39 is 0 Å². The summed E-state index contributed by atoms with van der Waals surface area (Å²) in [5.41, 5.74) is 0.703. The van der Waals surface area contributed by atoms with Crippen LogP contribution in [0.3, 0.4) is 0 Å². The average molecular weight is 294 g/mol. The summed E-state index contributed by atoms with van der Waals surface area (Å²) >= 11 is 0. The molecule has 21 heavy (non-hydrogen) atoms. The second kappa shape index (κ2) is 8.43. The van der Waals surface area contributed by atoms with E-state index in [1.807, 2.05) is 16.8 Å². The van der Waals surface area contributed by atoms with E-state index in [0.717, 1.165) is 18.8 Å². The standard InChI is InChI=1S/C14H22N4O3/c1-3-4-15-12-11-18-6-5-16-13(18)14(17-12)21-10-9-20-8-7-19-2/h5-6,11,15H,3-4,7-10H2,1-2H3. The lowest BCUT2D eigenvalue weighted by atomic mass is 10.5. The topological polar surface area (TPSA) is 69.9 Å². The van der Waals surface area contributed by atoms with Gasteiger partial charge in [-0.3, -0.25) is 4.40 Å². The normalized spacial score (nSPS) is 11.0. The van der Waals surface area contributed by atoms with Crippen LogP contribution < -0.4 is 10.1 Å². The van der Waals surface area contributed by atoms with Crippen LogP contribution in [0.25, 0.3) is 5.65 Å². The SMILES string of the molecule is CCCNc1cn2ccnc2c(OCCOCCOC)n1. The van der Waals surface area contributed by atoms with Crippen LogP contribution in [0.2, 0.25) is 0 Å². The molecule has 116 valence electrons. The van der Waals surface area contributed by atoms with E-state index in [4.69, 9.17) is 14.2 Å². The molecule has 0 amide bonds. The van der Waals surface area contributed by atoms with Crippen molar-refractivity contribution in [3.63, 3.8) is 0 Å². The zero-order valence-corrected chi connectivity index (χ0v) is 12.5. The Morgan fingerprint density at radius 2 is 2.10 bits per heavy atom. The highest BCUT2D eigenvalue weighted by Gasteiger charge is 2.08. The lowest BCUT2D eigenvalue weighted by Crippen LogP contribution is -2.12. The Morgan fingerprint density at radius 3 is 2.90 bits per heavy atom. The molecule has 2 heterocycles. The van der Waals surface area contributed by atoms with Gasteiger partial charge in [0.15, 0.2) is 0 Å². The van der Waals surface area contributed by atoms with E-state index >= 15 is 0 Å². The molecule has 2 aromatic heterocycles. The van der Waals surface area contributed by atoms with Gasteiger partial charge in [0.25, 0.3) is 5.88 Å². The molecule has 0 unspecified atom stereocenters. The maximum Gasteiger partial charge on any atom is 0.260 e. The minimum atomic E-state index is 0.427. The van der Waals surface area contributed by atoms with E-state index in [-0.39, 0.29) is 0 Å². The van der Waals surface area contributed by atoms with Crippen LogP contribution in [-0.4, -0.2) is 54.5 Å². The van der Waals surface area contributed by atoms with Crippen molar-refractivity contribution in [2.75, 3.05) is 45.4 Å². The van der Waals surface area contributed by atoms with Gasteiger partial charge in [-0.2, -0.15) is 4.98 Å². The second-order valence-corrected chi connectivity index (χ2v) is 4.47. The maximum absolute atomic E-state index is 5.68. The van der Waals surface area contributed by atoms with Crippen LogP contribution in [0.15, 0.2) is 18.6 Å². The second-order valence-electron chi connectivity index (χ2n) is 4.47. The fraction of sp³-hybridized carbons (Fsp3) is 0.571. The van der Waals surface area contributed by atoms with Crippen molar-refractivity contribution >= 4 is 11.5 Å². The zero-order valence-electron chi connectivity index (χ0n) is 12.5. The maximum atomic E-state index is 5.68. The molecule has 2 aromatic rings. The number of nitrogens with one attached hydrogen (secondary N) is 1. The summed E-state index contributed by atoms with van der Waals surface area (Å²) in [6, 6.07) is 0. The molecule has 0 saturated carbocycles. The van der Waals surface area contributed by atoms with Gasteiger partial charge in [-0.15, -0.1) is 0 Å². The minimum absolute atomic E-state index is 0.427. The first-order chi connectivity index (χ1) is 10.3. The van der Waals surface area contributed by atoms with Crippen molar-refractivity contribution in [1.82, 2.24) is 14.4 Å².